The maximum atomic E-state index is 3.72. The summed E-state index contributed by atoms with van der Waals surface area (Å²) in [5.41, 5.74) is 0.458. The van der Waals surface area contributed by atoms with Crippen LogP contribution in [0.1, 0.15) is 26.7 Å². The Morgan fingerprint density at radius 3 is 3.00 bits per heavy atom. The van der Waals surface area contributed by atoms with Crippen LogP contribution in [0, 0.1) is 5.92 Å². The fourth-order valence-electron chi connectivity index (χ4n) is 2.78. The minimum Gasteiger partial charge on any atom is -0.315 e. The highest BCUT2D eigenvalue weighted by atomic mass is 15.1. The molecule has 0 amide bonds. The van der Waals surface area contributed by atoms with Crippen molar-refractivity contribution in [3.8, 4) is 0 Å². The summed E-state index contributed by atoms with van der Waals surface area (Å²) in [5.74, 6) is 0.891. The molecule has 3 atom stereocenters. The zero-order valence-electron chi connectivity index (χ0n) is 7.48. The predicted octanol–water partition coefficient (Wildman–Crippen LogP) is 0.736. The van der Waals surface area contributed by atoms with E-state index >= 15 is 0 Å². The van der Waals surface area contributed by atoms with Gasteiger partial charge in [-0.3, -0.25) is 0 Å². The molecule has 0 aromatic heterocycles. The van der Waals surface area contributed by atoms with Crippen LogP contribution >= 0.6 is 0 Å². The van der Waals surface area contributed by atoms with E-state index in [-0.39, 0.29) is 0 Å². The lowest BCUT2D eigenvalue weighted by Gasteiger charge is -2.27. The third kappa shape index (κ3) is 1.00. The Balaban J connectivity index is 2.15. The second kappa shape index (κ2) is 2.46. The van der Waals surface area contributed by atoms with Gasteiger partial charge in [-0.15, -0.1) is 0 Å². The molecule has 0 spiro atoms. The van der Waals surface area contributed by atoms with Gasteiger partial charge >= 0.3 is 0 Å². The molecule has 2 fully saturated rings. The Morgan fingerprint density at radius 1 is 1.55 bits per heavy atom. The van der Waals surface area contributed by atoms with Crippen LogP contribution in [0.4, 0.5) is 0 Å². The van der Waals surface area contributed by atoms with E-state index in [4.69, 9.17) is 0 Å². The molecule has 2 aliphatic heterocycles. The van der Waals surface area contributed by atoms with Gasteiger partial charge in [0.2, 0.25) is 0 Å². The van der Waals surface area contributed by atoms with Crippen LogP contribution in [0.15, 0.2) is 0 Å². The van der Waals surface area contributed by atoms with Gasteiger partial charge in [-0.05, 0) is 32.2 Å². The summed E-state index contributed by atoms with van der Waals surface area (Å²) in [6.07, 6.45) is 2.63. The monoisotopic (exact) mass is 154 g/mol. The smallest absolute Gasteiger partial charge is 0.0346 e. The van der Waals surface area contributed by atoms with Crippen molar-refractivity contribution in [3.05, 3.63) is 0 Å². The molecule has 0 aromatic rings. The van der Waals surface area contributed by atoms with Crippen molar-refractivity contribution in [1.29, 1.82) is 0 Å². The lowest BCUT2D eigenvalue weighted by molar-refractivity contribution is 0.330. The molecular formula is C9H18N2. The van der Waals surface area contributed by atoms with Crippen molar-refractivity contribution in [3.63, 3.8) is 0 Å². The van der Waals surface area contributed by atoms with Gasteiger partial charge in [0.1, 0.15) is 0 Å². The molecule has 0 radical (unpaired) electrons. The van der Waals surface area contributed by atoms with Gasteiger partial charge < -0.3 is 10.6 Å². The lowest BCUT2D eigenvalue weighted by Crippen LogP contribution is -2.47. The van der Waals surface area contributed by atoms with Gasteiger partial charge in [-0.2, -0.15) is 0 Å². The van der Waals surface area contributed by atoms with E-state index in [1.54, 1.807) is 0 Å². The Kier molecular flexibility index (Phi) is 1.69. The Hall–Kier alpha value is -0.0800. The average molecular weight is 154 g/mol. The maximum absolute atomic E-state index is 3.72. The van der Waals surface area contributed by atoms with E-state index < -0.39 is 0 Å². The van der Waals surface area contributed by atoms with Crippen molar-refractivity contribution in [2.45, 2.75) is 38.3 Å². The van der Waals surface area contributed by atoms with E-state index in [0.29, 0.717) is 5.54 Å². The summed E-state index contributed by atoms with van der Waals surface area (Å²) in [6.45, 7) is 7.00. The predicted molar refractivity (Wildman–Crippen MR) is 46.6 cm³/mol. The zero-order chi connectivity index (χ0) is 7.90. The first-order valence-electron chi connectivity index (χ1n) is 4.75. The minimum absolute atomic E-state index is 0.458. The molecule has 0 aromatic carbocycles. The number of nitrogens with one attached hydrogen (secondary N) is 2. The van der Waals surface area contributed by atoms with Crippen LogP contribution < -0.4 is 10.6 Å². The van der Waals surface area contributed by atoms with Crippen molar-refractivity contribution >= 4 is 0 Å². The molecule has 2 aliphatic rings. The fourth-order valence-corrected chi connectivity index (χ4v) is 2.78. The first kappa shape index (κ1) is 7.56. The highest BCUT2D eigenvalue weighted by molar-refractivity contribution is 5.07. The van der Waals surface area contributed by atoms with E-state index in [1.165, 1.54) is 25.9 Å². The van der Waals surface area contributed by atoms with Gasteiger partial charge in [-0.25, -0.2) is 0 Å². The third-order valence-corrected chi connectivity index (χ3v) is 3.42. The van der Waals surface area contributed by atoms with Gasteiger partial charge in [0.25, 0.3) is 0 Å². The number of rotatable bonds is 1. The summed E-state index contributed by atoms with van der Waals surface area (Å²) in [7, 11) is 0. The lowest BCUT2D eigenvalue weighted by atomic mass is 9.86. The van der Waals surface area contributed by atoms with Crippen molar-refractivity contribution in [2.24, 2.45) is 5.92 Å². The van der Waals surface area contributed by atoms with Crippen LogP contribution in [0.2, 0.25) is 0 Å². The Bertz CT molecular complexity index is 158. The fraction of sp³-hybridized carbons (Fsp3) is 1.00. The molecule has 2 N–H and O–H groups in total. The van der Waals surface area contributed by atoms with E-state index in [9.17, 15) is 0 Å². The quantitative estimate of drug-likeness (QED) is 0.582. The molecule has 0 saturated carbocycles. The SMILES string of the molecule is CCC12CNCC1CC(C)N2. The highest BCUT2D eigenvalue weighted by Gasteiger charge is 2.46. The molecule has 2 heterocycles. The molecule has 2 saturated heterocycles. The van der Waals surface area contributed by atoms with E-state index in [2.05, 4.69) is 24.5 Å². The van der Waals surface area contributed by atoms with Crippen LogP contribution in [-0.2, 0) is 0 Å². The minimum atomic E-state index is 0.458. The highest BCUT2D eigenvalue weighted by Crippen LogP contribution is 2.35. The largest absolute Gasteiger partial charge is 0.315 e. The second-order valence-electron chi connectivity index (χ2n) is 4.12. The van der Waals surface area contributed by atoms with E-state index in [1.807, 2.05) is 0 Å². The Morgan fingerprint density at radius 2 is 2.36 bits per heavy atom. The summed E-state index contributed by atoms with van der Waals surface area (Å²) in [6, 6.07) is 0.738. The second-order valence-corrected chi connectivity index (χ2v) is 4.12. The molecular weight excluding hydrogens is 136 g/mol. The Labute approximate surface area is 68.7 Å². The molecule has 11 heavy (non-hydrogen) atoms. The topological polar surface area (TPSA) is 24.1 Å². The number of hydrogen-bond donors (Lipinski definition) is 2. The van der Waals surface area contributed by atoms with Gasteiger partial charge in [0.15, 0.2) is 0 Å². The molecule has 2 heteroatoms. The number of fused-ring (bicyclic) bond motifs is 1. The molecule has 2 nitrogen and oxygen atoms in total. The van der Waals surface area contributed by atoms with Crippen molar-refractivity contribution in [2.75, 3.05) is 13.1 Å². The van der Waals surface area contributed by atoms with Crippen LogP contribution in [0.3, 0.4) is 0 Å². The maximum Gasteiger partial charge on any atom is 0.0346 e. The third-order valence-electron chi connectivity index (χ3n) is 3.42. The molecule has 2 rings (SSSR count). The van der Waals surface area contributed by atoms with Crippen molar-refractivity contribution < 1.29 is 0 Å². The standard InChI is InChI=1S/C9H18N2/c1-3-9-6-10-5-8(9)4-7(2)11-9/h7-8,10-11H,3-6H2,1-2H3. The molecule has 0 aliphatic carbocycles. The summed E-state index contributed by atoms with van der Waals surface area (Å²) >= 11 is 0. The zero-order valence-corrected chi connectivity index (χ0v) is 7.48. The summed E-state index contributed by atoms with van der Waals surface area (Å²) in [5, 5.41) is 7.19. The van der Waals surface area contributed by atoms with Gasteiger partial charge in [0.05, 0.1) is 0 Å². The summed E-state index contributed by atoms with van der Waals surface area (Å²) in [4.78, 5) is 0. The van der Waals surface area contributed by atoms with Crippen molar-refractivity contribution in [1.82, 2.24) is 10.6 Å². The van der Waals surface area contributed by atoms with Crippen LogP contribution in [-0.4, -0.2) is 24.7 Å². The molecule has 64 valence electrons. The summed E-state index contributed by atoms with van der Waals surface area (Å²) < 4.78 is 0. The number of hydrogen-bond acceptors (Lipinski definition) is 2. The van der Waals surface area contributed by atoms with Crippen LogP contribution in [0.5, 0.6) is 0 Å². The normalized spacial score (nSPS) is 49.6. The average Bonchev–Trinajstić information content (AvgIpc) is 2.43. The first-order valence-corrected chi connectivity index (χ1v) is 4.75. The first-order chi connectivity index (χ1) is 5.27. The van der Waals surface area contributed by atoms with Gasteiger partial charge in [-0.1, -0.05) is 6.92 Å². The van der Waals surface area contributed by atoms with Crippen LogP contribution in [0.25, 0.3) is 0 Å². The molecule has 3 unspecified atom stereocenters. The van der Waals surface area contributed by atoms with Gasteiger partial charge in [0, 0.05) is 18.1 Å². The molecule has 0 bridgehead atoms. The van der Waals surface area contributed by atoms with E-state index in [0.717, 1.165) is 12.0 Å².